The Balaban J connectivity index is 0.00000196. The largest absolute Gasteiger partial charge is 0.508 e. The number of halogens is 2. The van der Waals surface area contributed by atoms with Crippen LogP contribution in [-0.4, -0.2) is 11.7 Å². The molecular formula is C10H16BrClN2O. The van der Waals surface area contributed by atoms with Gasteiger partial charge in [-0.2, -0.15) is 0 Å². The van der Waals surface area contributed by atoms with Gasteiger partial charge >= 0.3 is 0 Å². The van der Waals surface area contributed by atoms with Gasteiger partial charge in [-0.25, -0.2) is 0 Å². The predicted molar refractivity (Wildman–Crippen MR) is 68.5 cm³/mol. The number of rotatable bonds is 2. The van der Waals surface area contributed by atoms with Gasteiger partial charge in [-0.1, -0.05) is 15.9 Å². The standard InChI is InChI=1S/C10H15BrN2O.ClH/c1-5-3-8(14)9(7(13)4-12)6(2)10(5)11;/h3,7,14H,4,12-13H2,1-2H3;1H/t7-;/m0./s1. The van der Waals surface area contributed by atoms with Crippen molar-refractivity contribution in [1.29, 1.82) is 0 Å². The lowest BCUT2D eigenvalue weighted by atomic mass is 9.98. The molecule has 1 aromatic rings. The van der Waals surface area contributed by atoms with E-state index in [4.69, 9.17) is 11.5 Å². The van der Waals surface area contributed by atoms with Crippen LogP contribution < -0.4 is 11.5 Å². The van der Waals surface area contributed by atoms with E-state index in [1.165, 1.54) is 0 Å². The Morgan fingerprint density at radius 2 is 2.00 bits per heavy atom. The second-order valence-corrected chi connectivity index (χ2v) is 4.20. The molecule has 86 valence electrons. The minimum atomic E-state index is -0.313. The molecule has 5 heteroatoms. The van der Waals surface area contributed by atoms with E-state index in [2.05, 4.69) is 15.9 Å². The molecule has 0 saturated carbocycles. The summed E-state index contributed by atoms with van der Waals surface area (Å²) >= 11 is 3.45. The Bertz CT molecular complexity index is 358. The SMILES string of the molecule is Cc1cc(O)c([C@@H](N)CN)c(C)c1Br.Cl. The van der Waals surface area contributed by atoms with Crippen molar-refractivity contribution in [3.63, 3.8) is 0 Å². The van der Waals surface area contributed by atoms with Crippen LogP contribution in [0, 0.1) is 13.8 Å². The summed E-state index contributed by atoms with van der Waals surface area (Å²) in [5.74, 6) is 0.223. The van der Waals surface area contributed by atoms with Crippen LogP contribution in [0.2, 0.25) is 0 Å². The summed E-state index contributed by atoms with van der Waals surface area (Å²) in [7, 11) is 0. The molecule has 0 radical (unpaired) electrons. The second kappa shape index (κ2) is 5.70. The molecule has 1 atom stereocenters. The van der Waals surface area contributed by atoms with Crippen LogP contribution in [0.15, 0.2) is 10.5 Å². The molecule has 0 aliphatic heterocycles. The van der Waals surface area contributed by atoms with Gasteiger partial charge in [-0.3, -0.25) is 0 Å². The number of aryl methyl sites for hydroxylation is 1. The van der Waals surface area contributed by atoms with Crippen molar-refractivity contribution in [2.75, 3.05) is 6.54 Å². The quantitative estimate of drug-likeness (QED) is 0.783. The fraction of sp³-hybridized carbons (Fsp3) is 0.400. The van der Waals surface area contributed by atoms with Gasteiger partial charge in [0.05, 0.1) is 0 Å². The monoisotopic (exact) mass is 294 g/mol. The lowest BCUT2D eigenvalue weighted by molar-refractivity contribution is 0.460. The van der Waals surface area contributed by atoms with Crippen molar-refractivity contribution in [3.05, 3.63) is 27.2 Å². The van der Waals surface area contributed by atoms with Crippen LogP contribution in [0.25, 0.3) is 0 Å². The Morgan fingerprint density at radius 1 is 1.47 bits per heavy atom. The van der Waals surface area contributed by atoms with Gasteiger partial charge < -0.3 is 16.6 Å². The summed E-state index contributed by atoms with van der Waals surface area (Å²) < 4.78 is 0.981. The number of phenols is 1. The van der Waals surface area contributed by atoms with Crippen LogP contribution in [0.3, 0.4) is 0 Å². The number of nitrogens with two attached hydrogens (primary N) is 2. The molecule has 0 aliphatic carbocycles. The topological polar surface area (TPSA) is 72.3 Å². The van der Waals surface area contributed by atoms with Gasteiger partial charge in [0.15, 0.2) is 0 Å². The number of hydrogen-bond donors (Lipinski definition) is 3. The van der Waals surface area contributed by atoms with Crippen molar-refractivity contribution in [2.24, 2.45) is 11.5 Å². The highest BCUT2D eigenvalue weighted by molar-refractivity contribution is 9.10. The molecule has 0 aromatic heterocycles. The van der Waals surface area contributed by atoms with Gasteiger partial charge in [0.25, 0.3) is 0 Å². The number of hydrogen-bond acceptors (Lipinski definition) is 3. The first-order valence-corrected chi connectivity index (χ1v) is 5.22. The zero-order valence-corrected chi connectivity index (χ0v) is 11.2. The van der Waals surface area contributed by atoms with Crippen LogP contribution in [0.1, 0.15) is 22.7 Å². The Labute approximate surface area is 104 Å². The molecular weight excluding hydrogens is 279 g/mol. The molecule has 0 spiro atoms. The average molecular weight is 296 g/mol. The lowest BCUT2D eigenvalue weighted by Crippen LogP contribution is -2.22. The van der Waals surface area contributed by atoms with Gasteiger partial charge in [-0.05, 0) is 31.0 Å². The van der Waals surface area contributed by atoms with Crippen molar-refractivity contribution >= 4 is 28.3 Å². The van der Waals surface area contributed by atoms with Gasteiger partial charge in [0, 0.05) is 22.6 Å². The first-order valence-electron chi connectivity index (χ1n) is 4.43. The predicted octanol–water partition coefficient (Wildman–Crippen LogP) is 2.15. The van der Waals surface area contributed by atoms with Crippen molar-refractivity contribution < 1.29 is 5.11 Å². The summed E-state index contributed by atoms with van der Waals surface area (Å²) in [4.78, 5) is 0. The molecule has 0 fully saturated rings. The zero-order valence-electron chi connectivity index (χ0n) is 8.75. The molecule has 1 rings (SSSR count). The fourth-order valence-corrected chi connectivity index (χ4v) is 1.87. The normalized spacial score (nSPS) is 12.1. The molecule has 0 bridgehead atoms. The summed E-state index contributed by atoms with van der Waals surface area (Å²) in [5, 5.41) is 9.74. The van der Waals surface area contributed by atoms with Crippen molar-refractivity contribution in [3.8, 4) is 5.75 Å². The molecule has 0 unspecified atom stereocenters. The third-order valence-electron chi connectivity index (χ3n) is 2.33. The first-order chi connectivity index (χ1) is 6.49. The molecule has 0 amide bonds. The highest BCUT2D eigenvalue weighted by Gasteiger charge is 2.15. The maximum Gasteiger partial charge on any atom is 0.121 e. The molecule has 0 saturated heterocycles. The highest BCUT2D eigenvalue weighted by Crippen LogP contribution is 2.33. The third-order valence-corrected chi connectivity index (χ3v) is 3.55. The van der Waals surface area contributed by atoms with E-state index in [9.17, 15) is 5.11 Å². The summed E-state index contributed by atoms with van der Waals surface area (Å²) in [6.07, 6.45) is 0. The van der Waals surface area contributed by atoms with E-state index in [0.717, 1.165) is 21.2 Å². The van der Waals surface area contributed by atoms with Crippen molar-refractivity contribution in [2.45, 2.75) is 19.9 Å². The minimum Gasteiger partial charge on any atom is -0.508 e. The van der Waals surface area contributed by atoms with Crippen LogP contribution in [0.4, 0.5) is 0 Å². The van der Waals surface area contributed by atoms with Crippen LogP contribution in [-0.2, 0) is 0 Å². The van der Waals surface area contributed by atoms with Gasteiger partial charge in [0.1, 0.15) is 5.75 Å². The van der Waals surface area contributed by atoms with E-state index < -0.39 is 0 Å². The van der Waals surface area contributed by atoms with Crippen molar-refractivity contribution in [1.82, 2.24) is 0 Å². The molecule has 1 aromatic carbocycles. The Morgan fingerprint density at radius 3 is 2.47 bits per heavy atom. The second-order valence-electron chi connectivity index (χ2n) is 3.41. The van der Waals surface area contributed by atoms with Gasteiger partial charge in [-0.15, -0.1) is 12.4 Å². The first kappa shape index (κ1) is 14.7. The maximum atomic E-state index is 9.74. The van der Waals surface area contributed by atoms with E-state index in [1.54, 1.807) is 6.07 Å². The van der Waals surface area contributed by atoms with Gasteiger partial charge in [0.2, 0.25) is 0 Å². The molecule has 3 nitrogen and oxygen atoms in total. The Hall–Kier alpha value is -0.290. The summed E-state index contributed by atoms with van der Waals surface area (Å²) in [5.41, 5.74) is 14.0. The smallest absolute Gasteiger partial charge is 0.121 e. The number of aromatic hydroxyl groups is 1. The number of phenolic OH excluding ortho intramolecular Hbond substituents is 1. The van der Waals surface area contributed by atoms with Crippen LogP contribution in [0.5, 0.6) is 5.75 Å². The maximum absolute atomic E-state index is 9.74. The highest BCUT2D eigenvalue weighted by atomic mass is 79.9. The molecule has 15 heavy (non-hydrogen) atoms. The summed E-state index contributed by atoms with van der Waals surface area (Å²) in [6, 6.07) is 1.38. The average Bonchev–Trinajstić information content (AvgIpc) is 2.14. The molecule has 0 aliphatic rings. The summed E-state index contributed by atoms with van der Waals surface area (Å²) in [6.45, 7) is 4.17. The number of benzene rings is 1. The van der Waals surface area contributed by atoms with E-state index in [-0.39, 0.29) is 24.2 Å². The van der Waals surface area contributed by atoms with E-state index in [1.807, 2.05) is 13.8 Å². The van der Waals surface area contributed by atoms with E-state index >= 15 is 0 Å². The zero-order chi connectivity index (χ0) is 10.9. The Kier molecular flexibility index (Phi) is 5.59. The fourth-order valence-electron chi connectivity index (χ4n) is 1.54. The van der Waals surface area contributed by atoms with E-state index in [0.29, 0.717) is 6.54 Å². The third kappa shape index (κ3) is 2.84. The minimum absolute atomic E-state index is 0. The molecule has 0 heterocycles. The lowest BCUT2D eigenvalue weighted by Gasteiger charge is -2.17. The molecule has 5 N–H and O–H groups in total. The van der Waals surface area contributed by atoms with Crippen LogP contribution >= 0.6 is 28.3 Å².